The summed E-state index contributed by atoms with van der Waals surface area (Å²) in [4.78, 5) is 30.8. The zero-order valence-electron chi connectivity index (χ0n) is 81.1. The summed E-state index contributed by atoms with van der Waals surface area (Å²) in [6.45, 7) is 33.9. The van der Waals surface area contributed by atoms with Gasteiger partial charge in [-0.15, -0.1) is 0 Å². The molecule has 10 aromatic rings. The number of nitrogens with zero attached hydrogens (tertiary/aromatic N) is 2. The molecular formula is C117H156N6O8. The Bertz CT molecular complexity index is 4920. The van der Waals surface area contributed by atoms with Crippen molar-refractivity contribution >= 4 is 11.8 Å². The van der Waals surface area contributed by atoms with E-state index in [0.717, 1.165) is 148 Å². The number of benzene rings is 9. The second-order valence-electron chi connectivity index (χ2n) is 39.1. The molecule has 5 saturated carbocycles. The molecule has 0 aliphatic heterocycles. The Labute approximate surface area is 787 Å². The SMILES string of the molecule is CC(=O)N(Cc1ccccc1)CC(C)C1CCCC(Oc2cccc(C)c2)C1.Cc1ccc(CNCC(C)C2CCCC(Oc3cccc(C)c3)C2)cc1.Cc1cccc(OC2CCCC(C(C)CNC(=O)c3ccccc3)C2)c1.Cc1cccc(OC2CCCC(C(C)CNCc3cccc(O)c3)C2)c1.Cc1cccc(OC2CCCC(C(C)CNCc3ccccn3)C2)c1. The molecule has 0 bridgehead atoms. The number of carbonyl (C=O) groups excluding carboxylic acids is 2. The van der Waals surface area contributed by atoms with Crippen LogP contribution < -0.4 is 45.0 Å². The van der Waals surface area contributed by atoms with Crippen LogP contribution in [0.4, 0.5) is 0 Å². The number of nitrogens with one attached hydrogen (secondary N) is 4. The standard InChI is InChI=1S/C25H33NO2.C24H33NO.C23H31NO2.C23H29NO2.C22H30N2O/c1-19-9-7-13-24(15-19)28-25-14-8-12-23(16-25)20(2)17-26(21(3)27)18-22-10-5-4-6-11-22;1-18-10-12-21(13-11-18)17-25-16-20(3)22-7-5-9-24(15-22)26-23-8-4-6-19(2)14-23;1-17-6-3-10-22(12-17)26-23-11-5-8-20(14-23)18(2)15-24-16-19-7-4-9-21(25)13-19;1-17-8-6-12-21(14-17)26-22-13-7-11-20(15-22)18(2)16-24-23(25)19-9-4-3-5-10-19;1-17-7-5-10-21(13-17)25-22-11-6-8-19(14-22)18(2)15-23-16-20-9-3-4-12-24-20/h4-7,9-11,13,15,20,23,25H,8,12,14,16-18H2,1-3H3;4,6,8,10-14,20,22,24-25H,5,7,9,15-17H2,1-3H3;3-4,6-7,9-10,12-13,18,20,23-25H,5,8,11,14-16H2,1-2H3;3-6,8-10,12,14,18,20,22H,7,11,13,15-16H2,1-2H3,(H,24,25);3-5,7,9-10,12-13,18-19,22-23H,6,8,11,14-16H2,1-2H3. The molecule has 0 radical (unpaired) electrons. The number of pyridine rings is 1. The summed E-state index contributed by atoms with van der Waals surface area (Å²) in [5, 5.41) is 23.4. The van der Waals surface area contributed by atoms with E-state index in [0.29, 0.717) is 77.9 Å². The number of phenols is 1. The van der Waals surface area contributed by atoms with Crippen molar-refractivity contribution in [2.75, 3.05) is 32.7 Å². The fourth-order valence-electron chi connectivity index (χ4n) is 19.8. The van der Waals surface area contributed by atoms with Gasteiger partial charge in [0, 0.05) is 58.0 Å². The molecule has 702 valence electrons. The molecule has 15 atom stereocenters. The highest BCUT2D eigenvalue weighted by atomic mass is 16.5. The largest absolute Gasteiger partial charge is 0.508 e. The first-order valence-electron chi connectivity index (χ1n) is 49.7. The number of rotatable bonds is 34. The van der Waals surface area contributed by atoms with Crippen molar-refractivity contribution in [1.82, 2.24) is 31.2 Å². The van der Waals surface area contributed by atoms with Crippen molar-refractivity contribution in [3.8, 4) is 34.5 Å². The van der Waals surface area contributed by atoms with Crippen LogP contribution in [0.2, 0.25) is 0 Å². The number of ether oxygens (including phenoxy) is 5. The number of hydrogen-bond donors (Lipinski definition) is 5. The van der Waals surface area contributed by atoms with Crippen LogP contribution in [-0.2, 0) is 31.0 Å². The van der Waals surface area contributed by atoms with E-state index in [2.05, 4.69) is 254 Å². The Kier molecular flexibility index (Phi) is 42.3. The Balaban J connectivity index is 0.000000158. The topological polar surface area (TPSA) is 165 Å². The fourth-order valence-corrected chi connectivity index (χ4v) is 19.8. The van der Waals surface area contributed by atoms with Crippen LogP contribution in [0.1, 0.15) is 236 Å². The molecule has 2 amide bonds. The Morgan fingerprint density at radius 1 is 0.351 bits per heavy atom. The Morgan fingerprint density at radius 2 is 0.695 bits per heavy atom. The van der Waals surface area contributed by atoms with Gasteiger partial charge in [0.25, 0.3) is 5.91 Å². The van der Waals surface area contributed by atoms with Crippen LogP contribution in [0.3, 0.4) is 0 Å². The fraction of sp³-hybridized carbons (Fsp3) is 0.479. The van der Waals surface area contributed by atoms with Gasteiger partial charge >= 0.3 is 0 Å². The lowest BCUT2D eigenvalue weighted by molar-refractivity contribution is -0.130. The minimum Gasteiger partial charge on any atom is -0.508 e. The quantitative estimate of drug-likeness (QED) is 0.0260. The number of carbonyl (C=O) groups is 2. The number of aromatic nitrogens is 1. The van der Waals surface area contributed by atoms with Crippen LogP contribution in [0.25, 0.3) is 0 Å². The van der Waals surface area contributed by atoms with E-state index in [1.165, 1.54) is 134 Å². The summed E-state index contributed by atoms with van der Waals surface area (Å²) in [6, 6.07) is 83.9. The lowest BCUT2D eigenvalue weighted by Gasteiger charge is -2.35. The van der Waals surface area contributed by atoms with E-state index in [1.807, 2.05) is 102 Å². The molecule has 1 aromatic heterocycles. The summed E-state index contributed by atoms with van der Waals surface area (Å²) in [6.07, 6.45) is 27.5. The number of hydrogen-bond acceptors (Lipinski definition) is 12. The molecule has 15 rings (SSSR count). The third-order valence-electron chi connectivity index (χ3n) is 27.7. The van der Waals surface area contributed by atoms with Crippen molar-refractivity contribution in [3.05, 3.63) is 316 Å². The molecule has 5 aliphatic rings. The maximum absolute atomic E-state index is 12.2. The van der Waals surface area contributed by atoms with Crippen LogP contribution >= 0.6 is 0 Å². The predicted octanol–water partition coefficient (Wildman–Crippen LogP) is 26.1. The van der Waals surface area contributed by atoms with E-state index >= 15 is 0 Å². The number of aryl methyl sites for hydroxylation is 6. The van der Waals surface area contributed by atoms with Gasteiger partial charge in [-0.2, -0.15) is 0 Å². The molecule has 15 unspecified atom stereocenters. The summed E-state index contributed by atoms with van der Waals surface area (Å²) >= 11 is 0. The predicted molar refractivity (Wildman–Crippen MR) is 539 cm³/mol. The summed E-state index contributed by atoms with van der Waals surface area (Å²) < 4.78 is 31.3. The molecule has 1 heterocycles. The first kappa shape index (κ1) is 101. The van der Waals surface area contributed by atoms with Gasteiger partial charge in [-0.3, -0.25) is 14.6 Å². The lowest BCUT2D eigenvalue weighted by atomic mass is 9.79. The van der Waals surface area contributed by atoms with E-state index in [1.54, 1.807) is 13.0 Å². The minimum absolute atomic E-state index is 0.0146. The molecular weight excluding hydrogens is 1620 g/mol. The monoisotopic (exact) mass is 1770 g/mol. The summed E-state index contributed by atoms with van der Waals surface area (Å²) in [5.74, 6) is 11.8. The molecule has 14 heteroatoms. The second kappa shape index (κ2) is 54.7. The number of amides is 2. The zero-order chi connectivity index (χ0) is 92.5. The maximum atomic E-state index is 12.2. The molecule has 131 heavy (non-hydrogen) atoms. The molecule has 9 aromatic carbocycles. The average Bonchev–Trinajstić information content (AvgIpc) is 0.861. The highest BCUT2D eigenvalue weighted by Gasteiger charge is 2.34. The molecule has 5 N–H and O–H groups in total. The van der Waals surface area contributed by atoms with Gasteiger partial charge < -0.3 is 55.0 Å². The lowest BCUT2D eigenvalue weighted by Crippen LogP contribution is -2.37. The number of aromatic hydroxyl groups is 1. The highest BCUT2D eigenvalue weighted by Crippen LogP contribution is 2.39. The molecule has 14 nitrogen and oxygen atoms in total. The number of phenolic OH excluding ortho intramolecular Hbond substituents is 1. The zero-order valence-corrected chi connectivity index (χ0v) is 81.1. The van der Waals surface area contributed by atoms with Crippen LogP contribution in [0.15, 0.2) is 255 Å². The van der Waals surface area contributed by atoms with Crippen LogP contribution in [0.5, 0.6) is 34.5 Å². The minimum atomic E-state index is 0.0146. The summed E-state index contributed by atoms with van der Waals surface area (Å²) in [7, 11) is 0. The van der Waals surface area contributed by atoms with Crippen molar-refractivity contribution in [3.63, 3.8) is 0 Å². The van der Waals surface area contributed by atoms with E-state index < -0.39 is 0 Å². The Morgan fingerprint density at radius 3 is 1.06 bits per heavy atom. The van der Waals surface area contributed by atoms with Gasteiger partial charge in [0.15, 0.2) is 0 Å². The molecule has 0 saturated heterocycles. The van der Waals surface area contributed by atoms with Gasteiger partial charge in [-0.05, 0) is 390 Å². The molecule has 5 aliphatic carbocycles. The smallest absolute Gasteiger partial charge is 0.251 e. The van der Waals surface area contributed by atoms with Crippen molar-refractivity contribution in [2.24, 2.45) is 59.2 Å². The molecule has 0 spiro atoms. The van der Waals surface area contributed by atoms with E-state index in [9.17, 15) is 14.7 Å². The first-order chi connectivity index (χ1) is 63.5. The van der Waals surface area contributed by atoms with Gasteiger partial charge in [-0.25, -0.2) is 0 Å². The third kappa shape index (κ3) is 36.7. The summed E-state index contributed by atoms with van der Waals surface area (Å²) in [5.41, 5.74) is 13.1. The van der Waals surface area contributed by atoms with Gasteiger partial charge in [-0.1, -0.05) is 192 Å². The van der Waals surface area contributed by atoms with Crippen molar-refractivity contribution in [2.45, 2.75) is 268 Å². The normalized spacial score (nSPS) is 21.1. The van der Waals surface area contributed by atoms with Gasteiger partial charge in [0.05, 0.1) is 36.2 Å². The van der Waals surface area contributed by atoms with Crippen molar-refractivity contribution < 1.29 is 38.4 Å². The highest BCUT2D eigenvalue weighted by molar-refractivity contribution is 5.94. The third-order valence-corrected chi connectivity index (χ3v) is 27.7. The second-order valence-corrected chi connectivity index (χ2v) is 39.1. The Hall–Kier alpha value is -10.3. The van der Waals surface area contributed by atoms with Crippen molar-refractivity contribution in [1.29, 1.82) is 0 Å². The van der Waals surface area contributed by atoms with Crippen LogP contribution in [-0.4, -0.2) is 90.0 Å². The maximum Gasteiger partial charge on any atom is 0.251 e. The van der Waals surface area contributed by atoms with Gasteiger partial charge in [0.1, 0.15) is 34.5 Å². The first-order valence-corrected chi connectivity index (χ1v) is 49.7. The van der Waals surface area contributed by atoms with Gasteiger partial charge in [0.2, 0.25) is 5.91 Å². The van der Waals surface area contributed by atoms with E-state index in [4.69, 9.17) is 23.7 Å². The average molecular weight is 1770 g/mol. The van der Waals surface area contributed by atoms with E-state index in [-0.39, 0.29) is 24.0 Å². The molecule has 5 fully saturated rings. The van der Waals surface area contributed by atoms with Crippen LogP contribution in [0, 0.1) is 101 Å².